The Kier molecular flexibility index (Phi) is 5.59. The molecule has 5 nitrogen and oxygen atoms in total. The summed E-state index contributed by atoms with van der Waals surface area (Å²) in [6, 6.07) is 16.9. The fraction of sp³-hybridized carbons (Fsp3) is 0.381. The number of benzene rings is 2. The lowest BCUT2D eigenvalue weighted by Gasteiger charge is -2.41. The van der Waals surface area contributed by atoms with E-state index in [9.17, 15) is 9.90 Å². The Bertz CT molecular complexity index is 745. The smallest absolute Gasteiger partial charge is 0.335 e. The molecule has 26 heavy (non-hydrogen) atoms. The van der Waals surface area contributed by atoms with Crippen LogP contribution in [-0.2, 0) is 19.9 Å². The van der Waals surface area contributed by atoms with E-state index < -0.39 is 23.8 Å². The molecule has 1 heterocycles. The average molecular weight is 356 g/mol. The number of esters is 1. The Morgan fingerprint density at radius 3 is 2.65 bits per heavy atom. The van der Waals surface area contributed by atoms with Crippen molar-refractivity contribution >= 4 is 5.97 Å². The van der Waals surface area contributed by atoms with Gasteiger partial charge in [-0.1, -0.05) is 42.5 Å². The maximum Gasteiger partial charge on any atom is 0.335 e. The first-order chi connectivity index (χ1) is 12.6. The van der Waals surface area contributed by atoms with Crippen LogP contribution in [0.3, 0.4) is 0 Å². The van der Waals surface area contributed by atoms with E-state index in [-0.39, 0.29) is 13.0 Å². The normalized spacial score (nSPS) is 25.5. The van der Waals surface area contributed by atoms with Crippen molar-refractivity contribution in [3.8, 4) is 5.75 Å². The molecule has 1 saturated heterocycles. The molecular formula is C21H24O5. The molecule has 1 N–H and O–H groups in total. The van der Waals surface area contributed by atoms with Gasteiger partial charge in [-0.3, -0.25) is 0 Å². The van der Waals surface area contributed by atoms with Gasteiger partial charge in [-0.25, -0.2) is 4.79 Å². The van der Waals surface area contributed by atoms with Crippen LogP contribution in [0.1, 0.15) is 37.0 Å². The Labute approximate surface area is 153 Å². The average Bonchev–Trinajstić information content (AvgIpc) is 2.68. The van der Waals surface area contributed by atoms with Crippen molar-refractivity contribution in [2.45, 2.75) is 37.6 Å². The van der Waals surface area contributed by atoms with Gasteiger partial charge in [0.1, 0.15) is 5.75 Å². The first kappa shape index (κ1) is 18.4. The molecule has 5 heteroatoms. The number of hydrogen-bond acceptors (Lipinski definition) is 5. The van der Waals surface area contributed by atoms with Crippen LogP contribution in [-0.4, -0.2) is 30.9 Å². The molecule has 0 saturated carbocycles. The molecule has 2 aromatic rings. The van der Waals surface area contributed by atoms with Crippen LogP contribution >= 0.6 is 0 Å². The van der Waals surface area contributed by atoms with E-state index in [1.54, 1.807) is 14.0 Å². The highest BCUT2D eigenvalue weighted by Crippen LogP contribution is 2.44. The third-order valence-electron chi connectivity index (χ3n) is 4.70. The summed E-state index contributed by atoms with van der Waals surface area (Å²) in [6.07, 6.45) is -0.764. The molecule has 1 aliphatic rings. The molecule has 1 fully saturated rings. The van der Waals surface area contributed by atoms with Crippen molar-refractivity contribution in [2.24, 2.45) is 0 Å². The molecule has 3 atom stereocenters. The molecule has 0 aromatic heterocycles. The van der Waals surface area contributed by atoms with Gasteiger partial charge in [0.15, 0.2) is 6.10 Å². The number of methoxy groups -OCH3 is 1. The summed E-state index contributed by atoms with van der Waals surface area (Å²) in [5.41, 5.74) is 0.447. The highest BCUT2D eigenvalue weighted by atomic mass is 16.6. The molecule has 0 bridgehead atoms. The van der Waals surface area contributed by atoms with Crippen LogP contribution < -0.4 is 4.74 Å². The van der Waals surface area contributed by atoms with Gasteiger partial charge >= 0.3 is 5.97 Å². The Balaban J connectivity index is 1.95. The quantitative estimate of drug-likeness (QED) is 0.832. The second kappa shape index (κ2) is 7.89. The maximum atomic E-state index is 12.3. The number of carbonyl (C=O) groups excluding carboxylic acids is 1. The lowest BCUT2D eigenvalue weighted by Crippen LogP contribution is -2.44. The minimum absolute atomic E-state index is 0.163. The predicted octanol–water partition coefficient (Wildman–Crippen LogP) is 3.37. The van der Waals surface area contributed by atoms with Crippen molar-refractivity contribution in [1.29, 1.82) is 0 Å². The second-order valence-electron chi connectivity index (χ2n) is 6.45. The van der Waals surface area contributed by atoms with Gasteiger partial charge in [-0.15, -0.1) is 0 Å². The van der Waals surface area contributed by atoms with Gasteiger partial charge in [-0.05, 0) is 30.2 Å². The monoisotopic (exact) mass is 356 g/mol. The summed E-state index contributed by atoms with van der Waals surface area (Å²) < 4.78 is 16.4. The molecule has 3 rings (SSSR count). The van der Waals surface area contributed by atoms with Gasteiger partial charge in [0.2, 0.25) is 0 Å². The van der Waals surface area contributed by atoms with Crippen LogP contribution in [0.2, 0.25) is 0 Å². The lowest BCUT2D eigenvalue weighted by atomic mass is 9.79. The molecule has 0 spiro atoms. The van der Waals surface area contributed by atoms with E-state index >= 15 is 0 Å². The van der Waals surface area contributed by atoms with Gasteiger partial charge in [0.05, 0.1) is 25.4 Å². The zero-order valence-electron chi connectivity index (χ0n) is 15.1. The van der Waals surface area contributed by atoms with E-state index in [1.807, 2.05) is 54.6 Å². The summed E-state index contributed by atoms with van der Waals surface area (Å²) in [5.74, 6) is 0.252. The largest absolute Gasteiger partial charge is 0.497 e. The highest BCUT2D eigenvalue weighted by molar-refractivity contribution is 5.75. The molecule has 0 unspecified atom stereocenters. The van der Waals surface area contributed by atoms with Crippen LogP contribution in [0.15, 0.2) is 54.6 Å². The number of aliphatic hydroxyl groups is 1. The second-order valence-corrected chi connectivity index (χ2v) is 6.45. The van der Waals surface area contributed by atoms with Crippen LogP contribution in [0.25, 0.3) is 0 Å². The van der Waals surface area contributed by atoms with Crippen LogP contribution in [0.4, 0.5) is 0 Å². The van der Waals surface area contributed by atoms with Gasteiger partial charge < -0.3 is 19.3 Å². The minimum atomic E-state index is -1.18. The molecule has 0 aliphatic carbocycles. The fourth-order valence-corrected chi connectivity index (χ4v) is 3.39. The van der Waals surface area contributed by atoms with E-state index in [0.717, 1.165) is 11.1 Å². The van der Waals surface area contributed by atoms with Crippen molar-refractivity contribution in [1.82, 2.24) is 0 Å². The summed E-state index contributed by atoms with van der Waals surface area (Å²) >= 11 is 0. The SMILES string of the molecule is CCOC(=O)[C@@H]1C[C@](O)(c2ccccc2)C[C@H](c2cccc(OC)c2)O1. The fourth-order valence-electron chi connectivity index (χ4n) is 3.39. The van der Waals surface area contributed by atoms with Crippen molar-refractivity contribution < 1.29 is 24.1 Å². The summed E-state index contributed by atoms with van der Waals surface area (Å²) in [7, 11) is 1.60. The van der Waals surface area contributed by atoms with Gasteiger partial charge in [0, 0.05) is 12.8 Å². The molecule has 138 valence electrons. The highest BCUT2D eigenvalue weighted by Gasteiger charge is 2.44. The van der Waals surface area contributed by atoms with Crippen molar-refractivity contribution in [3.63, 3.8) is 0 Å². The van der Waals surface area contributed by atoms with Crippen LogP contribution in [0, 0.1) is 0 Å². The maximum absolute atomic E-state index is 12.3. The first-order valence-electron chi connectivity index (χ1n) is 8.79. The van der Waals surface area contributed by atoms with E-state index in [0.29, 0.717) is 12.2 Å². The third-order valence-corrected chi connectivity index (χ3v) is 4.70. The molecule has 0 radical (unpaired) electrons. The van der Waals surface area contributed by atoms with E-state index in [4.69, 9.17) is 14.2 Å². The van der Waals surface area contributed by atoms with Crippen molar-refractivity contribution in [2.75, 3.05) is 13.7 Å². The first-order valence-corrected chi connectivity index (χ1v) is 8.79. The molecule has 0 amide bonds. The predicted molar refractivity (Wildman–Crippen MR) is 96.8 cm³/mol. The summed E-state index contributed by atoms with van der Waals surface area (Å²) in [5, 5.41) is 11.4. The lowest BCUT2D eigenvalue weighted by molar-refractivity contribution is -0.187. The topological polar surface area (TPSA) is 65.0 Å². The Hall–Kier alpha value is -2.37. The molecule has 2 aromatic carbocycles. The number of carbonyl (C=O) groups is 1. The molecular weight excluding hydrogens is 332 g/mol. The number of rotatable bonds is 5. The minimum Gasteiger partial charge on any atom is -0.497 e. The van der Waals surface area contributed by atoms with E-state index in [2.05, 4.69) is 0 Å². The molecule has 1 aliphatic heterocycles. The zero-order chi connectivity index (χ0) is 18.6. The number of hydrogen-bond donors (Lipinski definition) is 1. The van der Waals surface area contributed by atoms with Gasteiger partial charge in [-0.2, -0.15) is 0 Å². The number of ether oxygens (including phenoxy) is 3. The van der Waals surface area contributed by atoms with E-state index in [1.165, 1.54) is 0 Å². The third kappa shape index (κ3) is 3.89. The van der Waals surface area contributed by atoms with Crippen LogP contribution in [0.5, 0.6) is 5.75 Å². The standard InChI is InChI=1S/C21H24O5/c1-3-25-20(22)19-14-21(23,16-9-5-4-6-10-16)13-18(26-19)15-8-7-11-17(12-15)24-2/h4-12,18-19,23H,3,13-14H2,1-2H3/t18-,19+,21+/m1/s1. The summed E-state index contributed by atoms with van der Waals surface area (Å²) in [4.78, 5) is 12.3. The van der Waals surface area contributed by atoms with Gasteiger partial charge in [0.25, 0.3) is 0 Å². The Morgan fingerprint density at radius 2 is 1.96 bits per heavy atom. The van der Waals surface area contributed by atoms with Crippen molar-refractivity contribution in [3.05, 3.63) is 65.7 Å². The Morgan fingerprint density at radius 1 is 1.19 bits per heavy atom. The summed E-state index contributed by atoms with van der Waals surface area (Å²) in [6.45, 7) is 2.02. The zero-order valence-corrected chi connectivity index (χ0v) is 15.1.